The van der Waals surface area contributed by atoms with Crippen molar-refractivity contribution in [2.75, 3.05) is 26.7 Å². The predicted molar refractivity (Wildman–Crippen MR) is 98.6 cm³/mol. The number of hydrogen-bond acceptors (Lipinski definition) is 6. The molecule has 1 saturated heterocycles. The van der Waals surface area contributed by atoms with Crippen LogP contribution in [-0.2, 0) is 4.79 Å². The van der Waals surface area contributed by atoms with Gasteiger partial charge in [-0.25, -0.2) is 5.01 Å². The number of nitrogens with one attached hydrogen (secondary N) is 1. The van der Waals surface area contributed by atoms with Gasteiger partial charge in [-0.15, -0.1) is 0 Å². The molecule has 0 bridgehead atoms. The second-order valence-corrected chi connectivity index (χ2v) is 6.75. The van der Waals surface area contributed by atoms with Crippen molar-refractivity contribution in [1.82, 2.24) is 25.2 Å². The molecule has 8 heteroatoms. The van der Waals surface area contributed by atoms with Crippen molar-refractivity contribution in [3.05, 3.63) is 54.0 Å². The Morgan fingerprint density at radius 1 is 1.37 bits per heavy atom. The lowest BCUT2D eigenvalue weighted by Crippen LogP contribution is -2.36. The lowest BCUT2D eigenvalue weighted by molar-refractivity contribution is -0.140. The minimum absolute atomic E-state index is 0.00709. The quantitative estimate of drug-likeness (QED) is 0.805. The third-order valence-electron chi connectivity index (χ3n) is 4.83. The topological polar surface area (TPSA) is 94.6 Å². The summed E-state index contributed by atoms with van der Waals surface area (Å²) in [6.45, 7) is 1.30. The normalized spacial score (nSPS) is 19.4. The van der Waals surface area contributed by atoms with E-state index in [0.717, 1.165) is 30.1 Å². The van der Waals surface area contributed by atoms with E-state index in [0.29, 0.717) is 18.3 Å². The molecule has 1 atom stereocenters. The highest BCUT2D eigenvalue weighted by atomic mass is 16.5. The summed E-state index contributed by atoms with van der Waals surface area (Å²) in [4.78, 5) is 15.4. The third kappa shape index (κ3) is 3.70. The molecule has 0 radical (unpaired) electrons. The molecule has 8 nitrogen and oxygen atoms in total. The van der Waals surface area contributed by atoms with Gasteiger partial charge in [0, 0.05) is 31.4 Å². The van der Waals surface area contributed by atoms with Crippen molar-refractivity contribution in [3.63, 3.8) is 0 Å². The minimum Gasteiger partial charge on any atom is -0.488 e. The molecule has 3 heterocycles. The maximum absolute atomic E-state index is 11.1. The van der Waals surface area contributed by atoms with Gasteiger partial charge >= 0.3 is 5.97 Å². The summed E-state index contributed by atoms with van der Waals surface area (Å²) in [6.07, 6.45) is 8.31. The number of fused-ring (bicyclic) bond motifs is 1. The molecule has 0 aromatic carbocycles. The van der Waals surface area contributed by atoms with Gasteiger partial charge in [-0.2, -0.15) is 5.10 Å². The highest BCUT2D eigenvalue weighted by Gasteiger charge is 2.35. The van der Waals surface area contributed by atoms with Crippen molar-refractivity contribution in [2.24, 2.45) is 5.92 Å². The number of aromatic nitrogens is 3. The third-order valence-corrected chi connectivity index (χ3v) is 4.83. The monoisotopic (exact) mass is 367 g/mol. The fourth-order valence-electron chi connectivity index (χ4n) is 3.54. The van der Waals surface area contributed by atoms with Gasteiger partial charge in [-0.3, -0.25) is 19.9 Å². The summed E-state index contributed by atoms with van der Waals surface area (Å²) in [7, 11) is 1.92. The highest BCUT2D eigenvalue weighted by molar-refractivity contribution is 5.69. The van der Waals surface area contributed by atoms with E-state index < -0.39 is 5.97 Å². The van der Waals surface area contributed by atoms with Gasteiger partial charge in [0.1, 0.15) is 18.9 Å². The first-order valence-corrected chi connectivity index (χ1v) is 8.79. The Hall–Kier alpha value is -3.13. The van der Waals surface area contributed by atoms with Crippen LogP contribution >= 0.6 is 0 Å². The van der Waals surface area contributed by atoms with Crippen LogP contribution < -0.4 is 4.74 Å². The molecule has 0 spiro atoms. The smallest absolute Gasteiger partial charge is 0.324 e. The fourth-order valence-corrected chi connectivity index (χ4v) is 3.54. The van der Waals surface area contributed by atoms with Gasteiger partial charge < -0.3 is 9.84 Å². The predicted octanol–water partition coefficient (Wildman–Crippen LogP) is 1.93. The number of carboxylic acids is 1. The van der Waals surface area contributed by atoms with Crippen LogP contribution in [0.1, 0.15) is 6.42 Å². The molecule has 140 valence electrons. The number of ether oxygens (including phenoxy) is 1. The zero-order valence-corrected chi connectivity index (χ0v) is 15.0. The van der Waals surface area contributed by atoms with E-state index >= 15 is 0 Å². The Bertz CT molecular complexity index is 873. The number of allylic oxidation sites excluding steroid dienone is 2. The first kappa shape index (κ1) is 17.3. The largest absolute Gasteiger partial charge is 0.488 e. The minimum atomic E-state index is -0.826. The molecule has 2 aliphatic rings. The second kappa shape index (κ2) is 7.24. The number of hydrazine groups is 1. The summed E-state index contributed by atoms with van der Waals surface area (Å²) in [5.41, 5.74) is 3.93. The van der Waals surface area contributed by atoms with Gasteiger partial charge in [0.05, 0.1) is 17.6 Å². The molecule has 2 aromatic heterocycles. The standard InChI is InChI=1S/C19H21N5O3/c1-23-10-14-8-13(2-5-18(14)24(23)11-19(25)26)12-27-15-3-4-16(20-9-15)17-6-7-21-22-17/h2-7,9,14H,8,10-12H2,1H3,(H,21,22)(H,25,26). The van der Waals surface area contributed by atoms with Crippen LogP contribution in [0.2, 0.25) is 0 Å². The molecule has 1 aliphatic carbocycles. The number of aromatic amines is 1. The van der Waals surface area contributed by atoms with Crippen molar-refractivity contribution >= 4 is 5.97 Å². The van der Waals surface area contributed by atoms with E-state index in [2.05, 4.69) is 15.2 Å². The summed E-state index contributed by atoms with van der Waals surface area (Å²) < 4.78 is 5.88. The van der Waals surface area contributed by atoms with Crippen molar-refractivity contribution in [3.8, 4) is 17.1 Å². The first-order valence-electron chi connectivity index (χ1n) is 8.79. The SMILES string of the molecule is CN1CC2CC(COc3ccc(-c4ccn[nH]4)nc3)=CC=C2N1CC(=O)O. The van der Waals surface area contributed by atoms with Gasteiger partial charge in [0.15, 0.2) is 0 Å². The molecule has 2 N–H and O–H groups in total. The number of rotatable bonds is 6. The van der Waals surface area contributed by atoms with E-state index in [9.17, 15) is 4.79 Å². The lowest BCUT2D eigenvalue weighted by atomic mass is 9.92. The van der Waals surface area contributed by atoms with Crippen LogP contribution in [-0.4, -0.2) is 63.0 Å². The van der Waals surface area contributed by atoms with Gasteiger partial charge in [-0.1, -0.05) is 6.08 Å². The van der Waals surface area contributed by atoms with E-state index in [1.807, 2.05) is 47.4 Å². The van der Waals surface area contributed by atoms with Crippen LogP contribution in [0, 0.1) is 5.92 Å². The molecule has 1 unspecified atom stereocenters. The molecule has 1 fully saturated rings. The number of carbonyl (C=O) groups is 1. The Morgan fingerprint density at radius 2 is 2.26 bits per heavy atom. The molecule has 0 amide bonds. The van der Waals surface area contributed by atoms with Crippen molar-refractivity contribution in [2.45, 2.75) is 6.42 Å². The molecule has 4 rings (SSSR count). The highest BCUT2D eigenvalue weighted by Crippen LogP contribution is 2.34. The number of hydrogen-bond donors (Lipinski definition) is 2. The molecule has 27 heavy (non-hydrogen) atoms. The Labute approximate surface area is 156 Å². The van der Waals surface area contributed by atoms with E-state index in [1.54, 1.807) is 12.4 Å². The Balaban J connectivity index is 1.38. The van der Waals surface area contributed by atoms with Gasteiger partial charge in [0.25, 0.3) is 0 Å². The molecular weight excluding hydrogens is 346 g/mol. The molecule has 1 aliphatic heterocycles. The zero-order valence-electron chi connectivity index (χ0n) is 15.0. The van der Waals surface area contributed by atoms with Gasteiger partial charge in [-0.05, 0) is 36.3 Å². The average Bonchev–Trinajstić information content (AvgIpc) is 3.29. The molecule has 0 saturated carbocycles. The maximum atomic E-state index is 11.1. The number of H-pyrrole nitrogens is 1. The van der Waals surface area contributed by atoms with Crippen LogP contribution in [0.25, 0.3) is 11.4 Å². The summed E-state index contributed by atoms with van der Waals surface area (Å²) >= 11 is 0. The van der Waals surface area contributed by atoms with E-state index in [1.165, 1.54) is 5.57 Å². The summed E-state index contributed by atoms with van der Waals surface area (Å²) in [6, 6.07) is 5.66. The van der Waals surface area contributed by atoms with E-state index in [4.69, 9.17) is 9.84 Å². The van der Waals surface area contributed by atoms with E-state index in [-0.39, 0.29) is 6.54 Å². The van der Waals surface area contributed by atoms with Crippen LogP contribution in [0.4, 0.5) is 0 Å². The van der Waals surface area contributed by atoms with Crippen LogP contribution in [0.3, 0.4) is 0 Å². The fraction of sp³-hybridized carbons (Fsp3) is 0.316. The Morgan fingerprint density at radius 3 is 2.96 bits per heavy atom. The average molecular weight is 367 g/mol. The summed E-state index contributed by atoms with van der Waals surface area (Å²) in [5, 5.41) is 19.7. The summed E-state index contributed by atoms with van der Waals surface area (Å²) in [5.74, 6) is 0.191. The Kier molecular flexibility index (Phi) is 4.64. The first-order chi connectivity index (χ1) is 13.1. The second-order valence-electron chi connectivity index (χ2n) is 6.75. The molecule has 2 aromatic rings. The van der Waals surface area contributed by atoms with Crippen molar-refractivity contribution in [1.29, 1.82) is 0 Å². The molecular formula is C19H21N5O3. The lowest BCUT2D eigenvalue weighted by Gasteiger charge is -2.26. The number of carboxylic acid groups (broad SMARTS) is 1. The number of aliphatic carboxylic acids is 1. The maximum Gasteiger partial charge on any atom is 0.324 e. The van der Waals surface area contributed by atoms with Crippen LogP contribution in [0.15, 0.2) is 54.0 Å². The van der Waals surface area contributed by atoms with Gasteiger partial charge in [0.2, 0.25) is 0 Å². The van der Waals surface area contributed by atoms with Crippen LogP contribution in [0.5, 0.6) is 5.75 Å². The number of pyridine rings is 1. The number of nitrogens with zero attached hydrogens (tertiary/aromatic N) is 4. The zero-order chi connectivity index (χ0) is 18.8. The van der Waals surface area contributed by atoms with Crippen molar-refractivity contribution < 1.29 is 14.6 Å².